The first-order valence-corrected chi connectivity index (χ1v) is 7.43. The molecular weight excluding hydrogens is 305 g/mol. The van der Waals surface area contributed by atoms with Crippen molar-refractivity contribution in [3.05, 3.63) is 63.8 Å². The zero-order chi connectivity index (χ0) is 15.0. The third-order valence-electron chi connectivity index (χ3n) is 3.71. The van der Waals surface area contributed by atoms with Crippen LogP contribution in [0.4, 0.5) is 0 Å². The fraction of sp³-hybridized carbons (Fsp3) is 0.176. The molecule has 0 aliphatic carbocycles. The highest BCUT2D eigenvalue weighted by atomic mass is 35.5. The summed E-state index contributed by atoms with van der Waals surface area (Å²) in [5.74, 6) is 0.875. The molecule has 0 amide bonds. The van der Waals surface area contributed by atoms with Crippen molar-refractivity contribution in [2.75, 3.05) is 7.11 Å². The molecule has 4 heteroatoms. The Morgan fingerprint density at radius 2 is 1.71 bits per heavy atom. The zero-order valence-corrected chi connectivity index (χ0v) is 13.4. The SMILES string of the molecule is COc1cccc2c1cc(C)n2Cc1c(Cl)cccc1Cl. The molecule has 0 saturated carbocycles. The van der Waals surface area contributed by atoms with Gasteiger partial charge in [-0.3, -0.25) is 0 Å². The minimum Gasteiger partial charge on any atom is -0.496 e. The predicted molar refractivity (Wildman–Crippen MR) is 88.8 cm³/mol. The average Bonchev–Trinajstić information content (AvgIpc) is 2.79. The Morgan fingerprint density at radius 3 is 2.38 bits per heavy atom. The smallest absolute Gasteiger partial charge is 0.128 e. The number of fused-ring (bicyclic) bond motifs is 1. The molecular formula is C17H15Cl2NO. The molecule has 0 radical (unpaired) electrons. The number of nitrogens with zero attached hydrogens (tertiary/aromatic N) is 1. The molecule has 0 fully saturated rings. The molecule has 0 spiro atoms. The van der Waals surface area contributed by atoms with Crippen LogP contribution in [-0.2, 0) is 6.54 Å². The molecule has 0 aliphatic heterocycles. The van der Waals surface area contributed by atoms with Crippen molar-refractivity contribution in [3.8, 4) is 5.75 Å². The number of hydrogen-bond acceptors (Lipinski definition) is 1. The number of hydrogen-bond donors (Lipinski definition) is 0. The second kappa shape index (κ2) is 5.63. The average molecular weight is 320 g/mol. The number of ether oxygens (including phenoxy) is 1. The Balaban J connectivity index is 2.15. The minimum absolute atomic E-state index is 0.640. The van der Waals surface area contributed by atoms with Crippen molar-refractivity contribution in [1.82, 2.24) is 4.57 Å². The number of aromatic nitrogens is 1. The van der Waals surface area contributed by atoms with Crippen molar-refractivity contribution in [2.45, 2.75) is 13.5 Å². The van der Waals surface area contributed by atoms with Crippen LogP contribution in [0.3, 0.4) is 0 Å². The number of methoxy groups -OCH3 is 1. The second-order valence-corrected chi connectivity index (χ2v) is 5.78. The van der Waals surface area contributed by atoms with Crippen LogP contribution < -0.4 is 4.74 Å². The molecule has 0 N–H and O–H groups in total. The number of aryl methyl sites for hydroxylation is 1. The summed E-state index contributed by atoms with van der Waals surface area (Å²) in [5, 5.41) is 2.47. The van der Waals surface area contributed by atoms with E-state index in [1.807, 2.05) is 30.3 Å². The van der Waals surface area contributed by atoms with Crippen LogP contribution in [0, 0.1) is 6.92 Å². The summed E-state index contributed by atoms with van der Waals surface area (Å²) in [6.07, 6.45) is 0. The van der Waals surface area contributed by atoms with Crippen LogP contribution in [0.1, 0.15) is 11.3 Å². The Morgan fingerprint density at radius 1 is 1.05 bits per heavy atom. The summed E-state index contributed by atoms with van der Waals surface area (Å²) in [6, 6.07) is 13.8. The molecule has 2 aromatic carbocycles. The van der Waals surface area contributed by atoms with E-state index in [1.165, 1.54) is 0 Å². The van der Waals surface area contributed by atoms with Crippen molar-refractivity contribution in [2.24, 2.45) is 0 Å². The molecule has 3 aromatic rings. The summed E-state index contributed by atoms with van der Waals surface area (Å²) in [5.41, 5.74) is 3.19. The molecule has 0 unspecified atom stereocenters. The van der Waals surface area contributed by atoms with Gasteiger partial charge in [0, 0.05) is 26.7 Å². The van der Waals surface area contributed by atoms with Crippen LogP contribution in [0.25, 0.3) is 10.9 Å². The largest absolute Gasteiger partial charge is 0.496 e. The van der Waals surface area contributed by atoms with Crippen LogP contribution >= 0.6 is 23.2 Å². The fourth-order valence-electron chi connectivity index (χ4n) is 2.62. The van der Waals surface area contributed by atoms with Crippen LogP contribution in [0.2, 0.25) is 10.0 Å². The van der Waals surface area contributed by atoms with Gasteiger partial charge in [0.1, 0.15) is 5.75 Å². The number of rotatable bonds is 3. The molecule has 108 valence electrons. The van der Waals surface area contributed by atoms with E-state index < -0.39 is 0 Å². The molecule has 3 rings (SSSR count). The highest BCUT2D eigenvalue weighted by Gasteiger charge is 2.12. The molecule has 1 aromatic heterocycles. The molecule has 0 aliphatic rings. The van der Waals surface area contributed by atoms with Crippen molar-refractivity contribution in [3.63, 3.8) is 0 Å². The Labute approximate surface area is 133 Å². The number of halogens is 2. The van der Waals surface area contributed by atoms with Gasteiger partial charge >= 0.3 is 0 Å². The Hall–Kier alpha value is -1.64. The molecule has 2 nitrogen and oxygen atoms in total. The molecule has 0 bridgehead atoms. The highest BCUT2D eigenvalue weighted by Crippen LogP contribution is 2.31. The first-order chi connectivity index (χ1) is 10.1. The lowest BCUT2D eigenvalue weighted by atomic mass is 10.2. The topological polar surface area (TPSA) is 14.2 Å². The van der Waals surface area contributed by atoms with Crippen molar-refractivity contribution in [1.29, 1.82) is 0 Å². The van der Waals surface area contributed by atoms with Gasteiger partial charge in [-0.25, -0.2) is 0 Å². The molecule has 0 saturated heterocycles. The van der Waals surface area contributed by atoms with Gasteiger partial charge in [0.15, 0.2) is 0 Å². The molecule has 0 atom stereocenters. The monoisotopic (exact) mass is 319 g/mol. The lowest BCUT2D eigenvalue weighted by Crippen LogP contribution is -2.02. The lowest BCUT2D eigenvalue weighted by molar-refractivity contribution is 0.420. The van der Waals surface area contributed by atoms with E-state index in [1.54, 1.807) is 7.11 Å². The summed E-state index contributed by atoms with van der Waals surface area (Å²) in [6.45, 7) is 2.71. The van der Waals surface area contributed by atoms with E-state index in [0.29, 0.717) is 16.6 Å². The van der Waals surface area contributed by atoms with Crippen LogP contribution in [-0.4, -0.2) is 11.7 Å². The van der Waals surface area contributed by atoms with E-state index in [9.17, 15) is 0 Å². The second-order valence-electron chi connectivity index (χ2n) is 4.97. The van der Waals surface area contributed by atoms with Crippen molar-refractivity contribution >= 4 is 34.1 Å². The lowest BCUT2D eigenvalue weighted by Gasteiger charge is -2.12. The quantitative estimate of drug-likeness (QED) is 0.637. The molecule has 1 heterocycles. The van der Waals surface area contributed by atoms with E-state index >= 15 is 0 Å². The van der Waals surface area contributed by atoms with Crippen LogP contribution in [0.15, 0.2) is 42.5 Å². The van der Waals surface area contributed by atoms with E-state index in [4.69, 9.17) is 27.9 Å². The van der Waals surface area contributed by atoms with Gasteiger partial charge in [-0.15, -0.1) is 0 Å². The molecule has 21 heavy (non-hydrogen) atoms. The Kier molecular flexibility index (Phi) is 3.83. The normalized spacial score (nSPS) is 11.0. The van der Waals surface area contributed by atoms with Crippen molar-refractivity contribution < 1.29 is 4.74 Å². The predicted octanol–water partition coefficient (Wildman–Crippen LogP) is 5.31. The van der Waals surface area contributed by atoms with Gasteiger partial charge in [-0.1, -0.05) is 35.3 Å². The van der Waals surface area contributed by atoms with Gasteiger partial charge < -0.3 is 9.30 Å². The maximum Gasteiger partial charge on any atom is 0.128 e. The van der Waals surface area contributed by atoms with Gasteiger partial charge in [0.2, 0.25) is 0 Å². The summed E-state index contributed by atoms with van der Waals surface area (Å²) < 4.78 is 7.63. The first-order valence-electron chi connectivity index (χ1n) is 6.67. The fourth-order valence-corrected chi connectivity index (χ4v) is 3.14. The summed E-state index contributed by atoms with van der Waals surface area (Å²) in [7, 11) is 1.69. The highest BCUT2D eigenvalue weighted by molar-refractivity contribution is 6.36. The maximum absolute atomic E-state index is 6.29. The van der Waals surface area contributed by atoms with Gasteiger partial charge in [-0.2, -0.15) is 0 Å². The van der Waals surface area contributed by atoms with Gasteiger partial charge in [0.05, 0.1) is 19.2 Å². The zero-order valence-electron chi connectivity index (χ0n) is 11.9. The van der Waals surface area contributed by atoms with E-state index in [2.05, 4.69) is 23.6 Å². The standard InChI is InChI=1S/C17H15Cl2NO/c1-11-9-12-16(7-4-8-17(12)21-2)20(11)10-13-14(18)5-3-6-15(13)19/h3-9H,10H2,1-2H3. The third-order valence-corrected chi connectivity index (χ3v) is 4.42. The minimum atomic E-state index is 0.640. The summed E-state index contributed by atoms with van der Waals surface area (Å²) >= 11 is 12.6. The first kappa shape index (κ1) is 14.3. The van der Waals surface area contributed by atoms with Crippen LogP contribution in [0.5, 0.6) is 5.75 Å². The third kappa shape index (κ3) is 2.50. The number of benzene rings is 2. The van der Waals surface area contributed by atoms with E-state index in [0.717, 1.165) is 27.9 Å². The summed E-state index contributed by atoms with van der Waals surface area (Å²) in [4.78, 5) is 0. The van der Waals surface area contributed by atoms with Gasteiger partial charge in [-0.05, 0) is 37.3 Å². The maximum atomic E-state index is 6.29. The van der Waals surface area contributed by atoms with Gasteiger partial charge in [0.25, 0.3) is 0 Å². The van der Waals surface area contributed by atoms with E-state index in [-0.39, 0.29) is 0 Å². The Bertz CT molecular complexity index is 788.